The van der Waals surface area contributed by atoms with Crippen LogP contribution in [0.4, 0.5) is 0 Å². The van der Waals surface area contributed by atoms with Crippen LogP contribution in [0.1, 0.15) is 22.3 Å². The van der Waals surface area contributed by atoms with Gasteiger partial charge >= 0.3 is 0 Å². The lowest BCUT2D eigenvalue weighted by molar-refractivity contribution is -0.687. The Labute approximate surface area is 242 Å². The van der Waals surface area contributed by atoms with Crippen molar-refractivity contribution in [1.29, 1.82) is 0 Å². The molecule has 1 aliphatic rings. The zero-order valence-corrected chi connectivity index (χ0v) is 23.1. The third-order valence-electron chi connectivity index (χ3n) is 8.58. The minimum atomic E-state index is 0.754. The summed E-state index contributed by atoms with van der Waals surface area (Å²) in [6.45, 7) is 3.02. The fraction of sp³-hybridized carbons (Fsp3) is 0.111. The lowest BCUT2D eigenvalue weighted by Gasteiger charge is -2.10. The number of imidazole rings is 2. The highest BCUT2D eigenvalue weighted by atomic mass is 15.1. The van der Waals surface area contributed by atoms with Gasteiger partial charge in [-0.1, -0.05) is 72.8 Å². The Morgan fingerprint density at radius 3 is 1.29 bits per heavy atom. The number of pyridine rings is 2. The van der Waals surface area contributed by atoms with E-state index in [0.29, 0.717) is 0 Å². The molecule has 0 amide bonds. The van der Waals surface area contributed by atoms with Crippen LogP contribution in [0.5, 0.6) is 0 Å². The van der Waals surface area contributed by atoms with Crippen molar-refractivity contribution in [3.05, 3.63) is 145 Å². The summed E-state index contributed by atoms with van der Waals surface area (Å²) in [5.41, 5.74) is 9.11. The summed E-state index contributed by atoms with van der Waals surface area (Å²) in [5.74, 6) is 0. The van der Waals surface area contributed by atoms with Crippen molar-refractivity contribution in [3.8, 4) is 0 Å². The summed E-state index contributed by atoms with van der Waals surface area (Å²) in [7, 11) is 0. The molecule has 200 valence electrons. The van der Waals surface area contributed by atoms with Gasteiger partial charge in [-0.05, 0) is 12.1 Å². The van der Waals surface area contributed by atoms with E-state index in [0.717, 1.165) is 48.2 Å². The van der Waals surface area contributed by atoms with Crippen LogP contribution in [0.15, 0.2) is 122 Å². The molecule has 6 heteroatoms. The van der Waals surface area contributed by atoms with Crippen molar-refractivity contribution in [2.24, 2.45) is 0 Å². The predicted molar refractivity (Wildman–Crippen MR) is 164 cm³/mol. The van der Waals surface area contributed by atoms with Crippen molar-refractivity contribution < 1.29 is 9.13 Å². The van der Waals surface area contributed by atoms with Crippen LogP contribution < -0.4 is 9.13 Å². The normalized spacial score (nSPS) is 13.3. The lowest BCUT2D eigenvalue weighted by Crippen LogP contribution is -2.32. The number of hydrogen-bond donors (Lipinski definition) is 0. The molecule has 4 aromatic heterocycles. The van der Waals surface area contributed by atoms with Gasteiger partial charge in [0.05, 0.1) is 22.1 Å². The SMILES string of the molecule is c1cc2c3nc4c(cccc4cc3c1)Cn1cc[n+](c1)Cc1cccc3cc4cccc(c4nc13)C[n+]1ccn(c1)C2. The Morgan fingerprint density at radius 2 is 0.857 bits per heavy atom. The Kier molecular flexibility index (Phi) is 5.05. The molecule has 8 bridgehead atoms. The van der Waals surface area contributed by atoms with Gasteiger partial charge in [-0.3, -0.25) is 0 Å². The number of benzene rings is 4. The molecular formula is C36H28N6+2. The quantitative estimate of drug-likeness (QED) is 0.180. The molecule has 5 heterocycles. The van der Waals surface area contributed by atoms with Gasteiger partial charge < -0.3 is 0 Å². The number of rotatable bonds is 0. The molecule has 0 radical (unpaired) electrons. The first kappa shape index (κ1) is 23.4. The number of hydrogen-bond acceptors (Lipinski definition) is 2. The molecule has 6 nitrogen and oxygen atoms in total. The number of aromatic nitrogens is 6. The Hall–Kier alpha value is -5.36. The molecular weight excluding hydrogens is 516 g/mol. The van der Waals surface area contributed by atoms with E-state index in [1.165, 1.54) is 43.8 Å². The van der Waals surface area contributed by atoms with Crippen LogP contribution >= 0.6 is 0 Å². The summed E-state index contributed by atoms with van der Waals surface area (Å²) < 4.78 is 8.98. The molecule has 4 aromatic carbocycles. The van der Waals surface area contributed by atoms with Crippen LogP contribution in [0.25, 0.3) is 43.6 Å². The molecule has 8 aromatic rings. The average molecular weight is 545 g/mol. The number of para-hydroxylation sites is 4. The maximum absolute atomic E-state index is 5.30. The molecule has 0 N–H and O–H groups in total. The fourth-order valence-electron chi connectivity index (χ4n) is 6.56. The average Bonchev–Trinajstić information content (AvgIpc) is 3.64. The van der Waals surface area contributed by atoms with Gasteiger partial charge in [0.25, 0.3) is 0 Å². The zero-order valence-electron chi connectivity index (χ0n) is 23.1. The first-order chi connectivity index (χ1) is 20.7. The maximum Gasteiger partial charge on any atom is 0.244 e. The minimum Gasteiger partial charge on any atom is -0.247 e. The van der Waals surface area contributed by atoms with Gasteiger partial charge in [0.1, 0.15) is 51.0 Å². The van der Waals surface area contributed by atoms with Crippen molar-refractivity contribution in [2.45, 2.75) is 26.2 Å². The van der Waals surface area contributed by atoms with E-state index in [1.807, 2.05) is 0 Å². The molecule has 0 saturated carbocycles. The second-order valence-electron chi connectivity index (χ2n) is 11.4. The van der Waals surface area contributed by atoms with Gasteiger partial charge in [-0.25, -0.2) is 28.2 Å². The van der Waals surface area contributed by atoms with E-state index >= 15 is 0 Å². The van der Waals surface area contributed by atoms with Gasteiger partial charge in [-0.2, -0.15) is 0 Å². The largest absolute Gasteiger partial charge is 0.247 e. The second kappa shape index (κ2) is 9.08. The highest BCUT2D eigenvalue weighted by Gasteiger charge is 2.16. The van der Waals surface area contributed by atoms with Crippen LogP contribution in [0, 0.1) is 0 Å². The third-order valence-corrected chi connectivity index (χ3v) is 8.58. The first-order valence-electron chi connectivity index (χ1n) is 14.4. The lowest BCUT2D eigenvalue weighted by atomic mass is 10.0. The van der Waals surface area contributed by atoms with Crippen molar-refractivity contribution in [2.75, 3.05) is 0 Å². The minimum absolute atomic E-state index is 0.754. The first-order valence-corrected chi connectivity index (χ1v) is 14.4. The Morgan fingerprint density at radius 1 is 0.476 bits per heavy atom. The van der Waals surface area contributed by atoms with E-state index in [4.69, 9.17) is 9.97 Å². The molecule has 42 heavy (non-hydrogen) atoms. The van der Waals surface area contributed by atoms with Crippen LogP contribution in [0.2, 0.25) is 0 Å². The standard InChI is InChI=1S/C36H28N6/c1-5-25-17-26-6-2-10-30-20-41-15-16-42(24-41)22-32-12-4-8-28-18-27-7-3-11-31(35(27)38-36(28)32)21-40-14-13-39(23-40)19-29(9-1)33(25)37-34(26)30/h1-18,23-24H,19-22H2/q+2. The zero-order chi connectivity index (χ0) is 27.6. The van der Waals surface area contributed by atoms with E-state index < -0.39 is 0 Å². The Balaban J connectivity index is 1.26. The summed E-state index contributed by atoms with van der Waals surface area (Å²) in [4.78, 5) is 10.6. The summed E-state index contributed by atoms with van der Waals surface area (Å²) in [6.07, 6.45) is 13.0. The monoisotopic (exact) mass is 544 g/mol. The van der Waals surface area contributed by atoms with E-state index in [-0.39, 0.29) is 0 Å². The van der Waals surface area contributed by atoms with Crippen LogP contribution in [-0.4, -0.2) is 19.1 Å². The van der Waals surface area contributed by atoms with Crippen molar-refractivity contribution >= 4 is 43.6 Å². The predicted octanol–water partition coefficient (Wildman–Crippen LogP) is 5.77. The van der Waals surface area contributed by atoms with Gasteiger partial charge in [0.15, 0.2) is 0 Å². The second-order valence-corrected chi connectivity index (χ2v) is 11.4. The molecule has 1 aliphatic heterocycles. The smallest absolute Gasteiger partial charge is 0.244 e. The van der Waals surface area contributed by atoms with Gasteiger partial charge in [-0.15, -0.1) is 0 Å². The highest BCUT2D eigenvalue weighted by molar-refractivity contribution is 5.96. The topological polar surface area (TPSA) is 43.4 Å². The third kappa shape index (κ3) is 3.87. The van der Waals surface area contributed by atoms with Crippen LogP contribution in [-0.2, 0) is 26.2 Å². The summed E-state index contributed by atoms with van der Waals surface area (Å²) >= 11 is 0. The molecule has 0 atom stereocenters. The summed E-state index contributed by atoms with van der Waals surface area (Å²) in [6, 6.07) is 30.6. The molecule has 0 aliphatic carbocycles. The van der Waals surface area contributed by atoms with Crippen LogP contribution in [0.3, 0.4) is 0 Å². The van der Waals surface area contributed by atoms with Crippen molar-refractivity contribution in [3.63, 3.8) is 0 Å². The molecule has 0 spiro atoms. The Bertz CT molecular complexity index is 2010. The number of nitrogens with zero attached hydrogens (tertiary/aromatic N) is 6. The van der Waals surface area contributed by atoms with Crippen molar-refractivity contribution in [1.82, 2.24) is 19.1 Å². The fourth-order valence-corrected chi connectivity index (χ4v) is 6.56. The number of fused-ring (bicyclic) bond motifs is 4. The maximum atomic E-state index is 5.30. The van der Waals surface area contributed by atoms with E-state index in [9.17, 15) is 0 Å². The van der Waals surface area contributed by atoms with Gasteiger partial charge in [0.2, 0.25) is 12.7 Å². The highest BCUT2D eigenvalue weighted by Crippen LogP contribution is 2.27. The van der Waals surface area contributed by atoms with Gasteiger partial charge in [0, 0.05) is 43.8 Å². The molecule has 9 rings (SSSR count). The van der Waals surface area contributed by atoms with E-state index in [2.05, 4.69) is 141 Å². The molecule has 0 saturated heterocycles. The molecule has 0 unspecified atom stereocenters. The summed E-state index contributed by atoms with van der Waals surface area (Å²) in [5, 5.41) is 4.68. The van der Waals surface area contributed by atoms with E-state index in [1.54, 1.807) is 0 Å². The molecule has 0 fully saturated rings.